The van der Waals surface area contributed by atoms with Crippen molar-refractivity contribution in [3.05, 3.63) is 91.0 Å². The molecule has 3 nitrogen and oxygen atoms in total. The number of rotatable bonds is 0. The van der Waals surface area contributed by atoms with Crippen LogP contribution in [0.3, 0.4) is 0 Å². The summed E-state index contributed by atoms with van der Waals surface area (Å²) in [6.45, 7) is 52.5. The number of hydrogen-bond donors (Lipinski definition) is 3. The van der Waals surface area contributed by atoms with Gasteiger partial charge in [0.2, 0.25) is 0 Å². The van der Waals surface area contributed by atoms with Gasteiger partial charge in [-0.25, -0.2) is 0 Å². The Bertz CT molecular complexity index is 522. The second-order valence-corrected chi connectivity index (χ2v) is 5.42. The molecule has 0 saturated heterocycles. The summed E-state index contributed by atoms with van der Waals surface area (Å²) >= 11 is 0. The van der Waals surface area contributed by atoms with Gasteiger partial charge in [-0.2, -0.15) is 0 Å². The normalized spacial score (nSPS) is 5.76. The summed E-state index contributed by atoms with van der Waals surface area (Å²) in [6.07, 6.45) is 2.50. The molecule has 3 aromatic carbocycles. The molecule has 0 aromatic heterocycles. The molecule has 3 aromatic rings. The molecule has 0 spiro atoms. The van der Waals surface area contributed by atoms with Crippen LogP contribution in [0.1, 0.15) is 193 Å². The van der Waals surface area contributed by atoms with Crippen molar-refractivity contribution >= 4 is 0 Å². The molecule has 3 N–H and O–H groups in total. The van der Waals surface area contributed by atoms with E-state index < -0.39 is 0 Å². The number of phenolic OH excluding ortho intramolecular Hbond substituents is 3. The lowest BCUT2D eigenvalue weighted by Gasteiger charge is -1.82. The topological polar surface area (TPSA) is 60.7 Å². The van der Waals surface area contributed by atoms with Gasteiger partial charge in [0.15, 0.2) is 0 Å². The largest absolute Gasteiger partial charge is 0.508 e. The lowest BCUT2D eigenvalue weighted by molar-refractivity contribution is 0.475. The van der Waals surface area contributed by atoms with Gasteiger partial charge in [0.1, 0.15) is 17.2 Å². The summed E-state index contributed by atoms with van der Waals surface area (Å²) < 4.78 is 0. The molecule has 3 heteroatoms. The Hall–Kier alpha value is -2.94. The van der Waals surface area contributed by atoms with Crippen LogP contribution < -0.4 is 0 Å². The first-order valence-corrected chi connectivity index (χ1v) is 20.2. The third kappa shape index (κ3) is 188. The van der Waals surface area contributed by atoms with E-state index in [0.717, 1.165) is 0 Å². The fourth-order valence-electron chi connectivity index (χ4n) is 1.28. The summed E-state index contributed by atoms with van der Waals surface area (Å²) in [5, 5.41) is 25.9. The molecule has 0 bridgehead atoms. The highest BCUT2D eigenvalue weighted by Crippen LogP contribution is 2.04. The Balaban J connectivity index is -0.0000000269. The Kier molecular flexibility index (Phi) is 287. The van der Waals surface area contributed by atoms with Gasteiger partial charge in [0, 0.05) is 0 Å². The van der Waals surface area contributed by atoms with Crippen LogP contribution in [-0.4, -0.2) is 15.3 Å². The van der Waals surface area contributed by atoms with Crippen molar-refractivity contribution in [3.63, 3.8) is 0 Å². The molecule has 302 valence electrons. The summed E-state index contributed by atoms with van der Waals surface area (Å²) in [7, 11) is 0. The molecule has 0 heterocycles. The highest BCUT2D eigenvalue weighted by atomic mass is 16.3. The summed E-state index contributed by atoms with van der Waals surface area (Å²) in [4.78, 5) is 0. The average molecular weight is 701 g/mol. The molecule has 0 aliphatic rings. The van der Waals surface area contributed by atoms with Gasteiger partial charge in [0.05, 0.1) is 0 Å². The van der Waals surface area contributed by atoms with Gasteiger partial charge in [0.25, 0.3) is 0 Å². The average Bonchev–Trinajstić information content (AvgIpc) is 3.22. The number of benzene rings is 3. The molecule has 3 rings (SSSR count). The van der Waals surface area contributed by atoms with Crippen molar-refractivity contribution < 1.29 is 15.3 Å². The molecule has 49 heavy (non-hydrogen) atoms. The van der Waals surface area contributed by atoms with E-state index in [1.165, 1.54) is 12.8 Å². The predicted octanol–water partition coefficient (Wildman–Crippen LogP) is 18.3. The quantitative estimate of drug-likeness (QED) is 0.219. The second-order valence-electron chi connectivity index (χ2n) is 5.42. The first kappa shape index (κ1) is 85.6. The van der Waals surface area contributed by atoms with Gasteiger partial charge < -0.3 is 15.3 Å². The standard InChI is InChI=1S/3C6H6O.2C3H8.11C2H6/c3*7-6-4-2-1-3-5-6;2*1-3-2;11*1-2/h3*1-5,7H;2*3H2,1-2H3;11*1-2H3. The number of para-hydroxylation sites is 3. The first-order chi connectivity index (χ1) is 24.0. The summed E-state index contributed by atoms with van der Waals surface area (Å²) in [6, 6.07) is 26.1. The second kappa shape index (κ2) is 164. The fourth-order valence-corrected chi connectivity index (χ4v) is 1.28. The molecular weight excluding hydrogens is 601 g/mol. The molecule has 0 radical (unpaired) electrons. The van der Waals surface area contributed by atoms with Gasteiger partial charge in [-0.05, 0) is 36.4 Å². The molecule has 0 fully saturated rings. The van der Waals surface area contributed by atoms with Gasteiger partial charge >= 0.3 is 0 Å². The van der Waals surface area contributed by atoms with Crippen LogP contribution in [0.5, 0.6) is 17.2 Å². The molecule has 0 atom stereocenters. The lowest BCUT2D eigenvalue weighted by Crippen LogP contribution is -1.56. The smallest absolute Gasteiger partial charge is 0.115 e. The van der Waals surface area contributed by atoms with Gasteiger partial charge in [-0.15, -0.1) is 0 Å². The van der Waals surface area contributed by atoms with E-state index in [1.54, 1.807) is 72.8 Å². The Labute approximate surface area is 315 Å². The predicted molar refractivity (Wildman–Crippen MR) is 241 cm³/mol. The fraction of sp³-hybridized carbons (Fsp3) is 0.609. The summed E-state index contributed by atoms with van der Waals surface area (Å²) in [5.74, 6) is 0.965. The third-order valence-corrected chi connectivity index (χ3v) is 2.27. The van der Waals surface area contributed by atoms with Crippen LogP contribution in [0, 0.1) is 0 Å². The Morgan fingerprint density at radius 2 is 0.327 bits per heavy atom. The monoisotopic (exact) mass is 701 g/mol. The van der Waals surface area contributed by atoms with Crippen LogP contribution in [0.15, 0.2) is 91.0 Å². The van der Waals surface area contributed by atoms with E-state index >= 15 is 0 Å². The van der Waals surface area contributed by atoms with E-state index in [0.29, 0.717) is 17.2 Å². The number of hydrogen-bond acceptors (Lipinski definition) is 3. The molecule has 0 aliphatic heterocycles. The van der Waals surface area contributed by atoms with Crippen LogP contribution in [0.4, 0.5) is 0 Å². The van der Waals surface area contributed by atoms with Crippen molar-refractivity contribution in [2.24, 2.45) is 0 Å². The lowest BCUT2D eigenvalue weighted by atomic mass is 10.3. The molecular formula is C46H100O3. The van der Waals surface area contributed by atoms with Gasteiger partial charge in [-0.1, -0.05) is 247 Å². The third-order valence-electron chi connectivity index (χ3n) is 2.27. The van der Waals surface area contributed by atoms with Crippen molar-refractivity contribution in [3.8, 4) is 17.2 Å². The van der Waals surface area contributed by atoms with E-state index in [1.807, 2.05) is 171 Å². The Morgan fingerprint density at radius 1 is 0.245 bits per heavy atom. The van der Waals surface area contributed by atoms with E-state index in [9.17, 15) is 0 Å². The van der Waals surface area contributed by atoms with Crippen LogP contribution in [-0.2, 0) is 0 Å². The number of aromatic hydroxyl groups is 3. The number of phenols is 3. The summed E-state index contributed by atoms with van der Waals surface area (Å²) in [5.41, 5.74) is 0. The van der Waals surface area contributed by atoms with E-state index in [4.69, 9.17) is 15.3 Å². The zero-order chi connectivity index (χ0) is 42.8. The minimum atomic E-state index is 0.322. The molecule has 0 amide bonds. The van der Waals surface area contributed by atoms with E-state index in [-0.39, 0.29) is 0 Å². The maximum Gasteiger partial charge on any atom is 0.115 e. The van der Waals surface area contributed by atoms with Crippen LogP contribution in [0.25, 0.3) is 0 Å². The van der Waals surface area contributed by atoms with E-state index in [2.05, 4.69) is 27.7 Å². The van der Waals surface area contributed by atoms with Crippen molar-refractivity contribution in [2.75, 3.05) is 0 Å². The maximum absolute atomic E-state index is 8.63. The Morgan fingerprint density at radius 3 is 0.367 bits per heavy atom. The van der Waals surface area contributed by atoms with Crippen LogP contribution >= 0.6 is 0 Å². The highest BCUT2D eigenvalue weighted by molar-refractivity contribution is 5.19. The van der Waals surface area contributed by atoms with Crippen molar-refractivity contribution in [1.82, 2.24) is 0 Å². The molecule has 0 aliphatic carbocycles. The molecule has 0 saturated carbocycles. The van der Waals surface area contributed by atoms with Gasteiger partial charge in [-0.3, -0.25) is 0 Å². The maximum atomic E-state index is 8.63. The SMILES string of the molecule is CC.CC.CC.CC.CC.CC.CC.CC.CC.CC.CC.CCC.CCC.Oc1ccccc1.Oc1ccccc1.Oc1ccccc1. The zero-order valence-corrected chi connectivity index (χ0v) is 38.9. The highest BCUT2D eigenvalue weighted by Gasteiger charge is 1.76. The zero-order valence-electron chi connectivity index (χ0n) is 38.9. The van der Waals surface area contributed by atoms with Crippen LogP contribution in [0.2, 0.25) is 0 Å². The minimum Gasteiger partial charge on any atom is -0.508 e. The van der Waals surface area contributed by atoms with Crippen molar-refractivity contribution in [2.45, 2.75) is 193 Å². The first-order valence-electron chi connectivity index (χ1n) is 20.2. The minimum absolute atomic E-state index is 0.322. The molecule has 0 unspecified atom stereocenters. The van der Waals surface area contributed by atoms with Crippen molar-refractivity contribution in [1.29, 1.82) is 0 Å².